The number of quaternary nitrogens is 1. The number of morpholine rings is 1. The first-order valence-corrected chi connectivity index (χ1v) is 5.38. The van der Waals surface area contributed by atoms with Crippen LogP contribution in [0.3, 0.4) is 0 Å². The fraction of sp³-hybridized carbons (Fsp3) is 0.500. The minimum Gasteiger partial charge on any atom is -0.632 e. The number of rotatable bonds is 2. The van der Waals surface area contributed by atoms with Gasteiger partial charge in [0.1, 0.15) is 19.6 Å². The van der Waals surface area contributed by atoms with Gasteiger partial charge in [-0.3, -0.25) is 0 Å². The second-order valence-electron chi connectivity index (χ2n) is 4.26. The summed E-state index contributed by atoms with van der Waals surface area (Å²) >= 11 is 0. The van der Waals surface area contributed by atoms with Gasteiger partial charge in [0.05, 0.1) is 13.2 Å². The summed E-state index contributed by atoms with van der Waals surface area (Å²) in [6, 6.07) is 8.20. The first kappa shape index (κ1) is 10.6. The number of nitrogens with zero attached hydrogens (tertiary/aromatic N) is 1. The fourth-order valence-electron chi connectivity index (χ4n) is 1.86. The van der Waals surface area contributed by atoms with Gasteiger partial charge in [-0.2, -0.15) is 0 Å². The fourth-order valence-corrected chi connectivity index (χ4v) is 1.86. The van der Waals surface area contributed by atoms with Crippen LogP contribution >= 0.6 is 0 Å². The van der Waals surface area contributed by atoms with E-state index in [1.54, 1.807) is 0 Å². The van der Waals surface area contributed by atoms with Crippen LogP contribution in [0, 0.1) is 12.1 Å². The third-order valence-electron chi connectivity index (χ3n) is 2.88. The molecule has 0 bridgehead atoms. The maximum Gasteiger partial charge on any atom is 0.104 e. The third-order valence-corrected chi connectivity index (χ3v) is 2.88. The van der Waals surface area contributed by atoms with Crippen LogP contribution in [0.1, 0.15) is 11.1 Å². The van der Waals surface area contributed by atoms with Crippen LogP contribution in [0.2, 0.25) is 0 Å². The first-order chi connectivity index (χ1) is 7.18. The van der Waals surface area contributed by atoms with E-state index in [2.05, 4.69) is 19.1 Å². The van der Waals surface area contributed by atoms with Crippen molar-refractivity contribution in [2.75, 3.05) is 26.3 Å². The summed E-state index contributed by atoms with van der Waals surface area (Å²) < 4.78 is 5.07. The second kappa shape index (κ2) is 4.31. The molecule has 0 unspecified atom stereocenters. The number of benzene rings is 1. The van der Waals surface area contributed by atoms with Crippen molar-refractivity contribution in [1.82, 2.24) is 0 Å². The van der Waals surface area contributed by atoms with Crippen LogP contribution in [0.4, 0.5) is 0 Å². The molecule has 0 atom stereocenters. The standard InChI is InChI=1S/C12H17NO2/c1-11-2-4-12(5-3-11)10-13(14)6-8-15-9-7-13/h2-5H,6-10H2,1H3. The summed E-state index contributed by atoms with van der Waals surface area (Å²) in [7, 11) is 0. The van der Waals surface area contributed by atoms with Crippen molar-refractivity contribution in [2.24, 2.45) is 0 Å². The maximum atomic E-state index is 12.2. The molecule has 0 aromatic heterocycles. The SMILES string of the molecule is Cc1ccc(C[N+]2([O-])CCOCC2)cc1. The minimum absolute atomic E-state index is 0.136. The summed E-state index contributed by atoms with van der Waals surface area (Å²) in [5, 5.41) is 12.2. The Hall–Kier alpha value is -0.900. The van der Waals surface area contributed by atoms with E-state index in [4.69, 9.17) is 4.74 Å². The van der Waals surface area contributed by atoms with Gasteiger partial charge in [0.25, 0.3) is 0 Å². The largest absolute Gasteiger partial charge is 0.632 e. The Labute approximate surface area is 90.4 Å². The molecule has 1 aliphatic rings. The summed E-state index contributed by atoms with van der Waals surface area (Å²) in [5.41, 5.74) is 2.36. The van der Waals surface area contributed by atoms with Crippen molar-refractivity contribution >= 4 is 0 Å². The molecule has 1 aromatic carbocycles. The van der Waals surface area contributed by atoms with Gasteiger partial charge in [-0.05, 0) is 6.92 Å². The normalized spacial score (nSPS) is 20.1. The van der Waals surface area contributed by atoms with Gasteiger partial charge in [-0.1, -0.05) is 29.8 Å². The molecule has 0 amide bonds. The molecule has 0 N–H and O–H groups in total. The zero-order valence-electron chi connectivity index (χ0n) is 9.11. The Morgan fingerprint density at radius 1 is 1.20 bits per heavy atom. The van der Waals surface area contributed by atoms with E-state index in [0.717, 1.165) is 5.56 Å². The molecule has 15 heavy (non-hydrogen) atoms. The highest BCUT2D eigenvalue weighted by molar-refractivity contribution is 5.20. The highest BCUT2D eigenvalue weighted by atomic mass is 16.6. The number of aryl methyl sites for hydroxylation is 1. The van der Waals surface area contributed by atoms with Crippen molar-refractivity contribution < 1.29 is 9.38 Å². The molecule has 1 heterocycles. The van der Waals surface area contributed by atoms with Crippen LogP contribution in [0.15, 0.2) is 24.3 Å². The van der Waals surface area contributed by atoms with Crippen LogP contribution < -0.4 is 0 Å². The lowest BCUT2D eigenvalue weighted by Gasteiger charge is -2.45. The molecule has 0 aliphatic carbocycles. The monoisotopic (exact) mass is 207 g/mol. The Balaban J connectivity index is 2.03. The van der Waals surface area contributed by atoms with Gasteiger partial charge in [0.2, 0.25) is 0 Å². The highest BCUT2D eigenvalue weighted by Gasteiger charge is 2.21. The zero-order chi connectivity index (χ0) is 10.7. The van der Waals surface area contributed by atoms with Crippen LogP contribution in [0.5, 0.6) is 0 Å². The molecule has 1 saturated heterocycles. The minimum atomic E-state index is -0.136. The van der Waals surface area contributed by atoms with Crippen LogP contribution in [-0.2, 0) is 11.3 Å². The van der Waals surface area contributed by atoms with Crippen molar-refractivity contribution in [3.8, 4) is 0 Å². The summed E-state index contributed by atoms with van der Waals surface area (Å²) in [5.74, 6) is 0. The van der Waals surface area contributed by atoms with E-state index in [-0.39, 0.29) is 4.65 Å². The van der Waals surface area contributed by atoms with Gasteiger partial charge in [0.15, 0.2) is 0 Å². The van der Waals surface area contributed by atoms with E-state index in [1.807, 2.05) is 12.1 Å². The van der Waals surface area contributed by atoms with Crippen molar-refractivity contribution in [2.45, 2.75) is 13.5 Å². The molecule has 1 aromatic rings. The predicted octanol–water partition coefficient (Wildman–Crippen LogP) is 1.84. The average Bonchev–Trinajstić information content (AvgIpc) is 2.22. The van der Waals surface area contributed by atoms with Crippen molar-refractivity contribution in [3.63, 3.8) is 0 Å². The molecular formula is C12H17NO2. The van der Waals surface area contributed by atoms with E-state index in [9.17, 15) is 5.21 Å². The predicted molar refractivity (Wildman–Crippen MR) is 59.1 cm³/mol. The van der Waals surface area contributed by atoms with Gasteiger partial charge in [0, 0.05) is 5.56 Å². The summed E-state index contributed by atoms with van der Waals surface area (Å²) in [6.07, 6.45) is 0. The molecule has 1 fully saturated rings. The molecule has 3 heteroatoms. The smallest absolute Gasteiger partial charge is 0.104 e. The lowest BCUT2D eigenvalue weighted by atomic mass is 10.1. The molecule has 1 aliphatic heterocycles. The number of hydrogen-bond donors (Lipinski definition) is 0. The van der Waals surface area contributed by atoms with Gasteiger partial charge < -0.3 is 14.6 Å². The molecular weight excluding hydrogens is 190 g/mol. The summed E-state index contributed by atoms with van der Waals surface area (Å²) in [6.45, 7) is 4.97. The Kier molecular flexibility index (Phi) is 3.05. The number of hydrogen-bond acceptors (Lipinski definition) is 2. The topological polar surface area (TPSA) is 32.3 Å². The Morgan fingerprint density at radius 2 is 1.80 bits per heavy atom. The molecule has 0 saturated carbocycles. The van der Waals surface area contributed by atoms with Crippen LogP contribution in [0.25, 0.3) is 0 Å². The quantitative estimate of drug-likeness (QED) is 0.547. The Morgan fingerprint density at radius 3 is 2.40 bits per heavy atom. The highest BCUT2D eigenvalue weighted by Crippen LogP contribution is 2.15. The van der Waals surface area contributed by atoms with Gasteiger partial charge in [-0.15, -0.1) is 0 Å². The number of hydroxylamine groups is 3. The molecule has 2 rings (SSSR count). The second-order valence-corrected chi connectivity index (χ2v) is 4.26. The van der Waals surface area contributed by atoms with Crippen molar-refractivity contribution in [3.05, 3.63) is 40.6 Å². The van der Waals surface area contributed by atoms with E-state index in [0.29, 0.717) is 32.8 Å². The molecule has 0 radical (unpaired) electrons. The van der Waals surface area contributed by atoms with Crippen LogP contribution in [-0.4, -0.2) is 30.9 Å². The lowest BCUT2D eigenvalue weighted by molar-refractivity contribution is -0.901. The molecule has 3 nitrogen and oxygen atoms in total. The maximum absolute atomic E-state index is 12.2. The van der Waals surface area contributed by atoms with E-state index in [1.165, 1.54) is 5.56 Å². The van der Waals surface area contributed by atoms with Gasteiger partial charge in [-0.25, -0.2) is 0 Å². The zero-order valence-corrected chi connectivity index (χ0v) is 9.11. The molecule has 82 valence electrons. The first-order valence-electron chi connectivity index (χ1n) is 5.38. The number of ether oxygens (including phenoxy) is 1. The van der Waals surface area contributed by atoms with Crippen molar-refractivity contribution in [1.29, 1.82) is 0 Å². The van der Waals surface area contributed by atoms with E-state index >= 15 is 0 Å². The Bertz CT molecular complexity index is 315. The molecule has 0 spiro atoms. The lowest BCUT2D eigenvalue weighted by Crippen LogP contribution is -2.49. The van der Waals surface area contributed by atoms with Gasteiger partial charge >= 0.3 is 0 Å². The third kappa shape index (κ3) is 2.78. The average molecular weight is 207 g/mol. The summed E-state index contributed by atoms with van der Waals surface area (Å²) in [4.78, 5) is 0. The van der Waals surface area contributed by atoms with E-state index < -0.39 is 0 Å².